The van der Waals surface area contributed by atoms with E-state index in [4.69, 9.17) is 5.73 Å². The van der Waals surface area contributed by atoms with E-state index in [9.17, 15) is 4.79 Å². The van der Waals surface area contributed by atoms with Crippen LogP contribution in [0, 0.1) is 5.92 Å². The van der Waals surface area contributed by atoms with Crippen LogP contribution in [0.4, 0.5) is 0 Å². The summed E-state index contributed by atoms with van der Waals surface area (Å²) in [6.07, 6.45) is 6.29. The van der Waals surface area contributed by atoms with Crippen molar-refractivity contribution in [2.24, 2.45) is 11.7 Å². The highest BCUT2D eigenvalue weighted by atomic mass is 16.2. The van der Waals surface area contributed by atoms with Gasteiger partial charge < -0.3 is 10.6 Å². The first-order valence-electron chi connectivity index (χ1n) is 6.25. The average Bonchev–Trinajstić information content (AvgIpc) is 2.27. The quantitative estimate of drug-likeness (QED) is 0.755. The monoisotopic (exact) mass is 212 g/mol. The first kappa shape index (κ1) is 12.5. The molecule has 0 bridgehead atoms. The molecular weight excluding hydrogens is 188 g/mol. The lowest BCUT2D eigenvalue weighted by molar-refractivity contribution is -0.132. The topological polar surface area (TPSA) is 46.3 Å². The van der Waals surface area contributed by atoms with Gasteiger partial charge in [0.05, 0.1) is 0 Å². The molecule has 1 amide bonds. The van der Waals surface area contributed by atoms with Gasteiger partial charge in [0.1, 0.15) is 0 Å². The maximum atomic E-state index is 11.7. The van der Waals surface area contributed by atoms with E-state index in [2.05, 4.69) is 6.92 Å². The number of carbonyl (C=O) groups excluding carboxylic acids is 1. The lowest BCUT2D eigenvalue weighted by Crippen LogP contribution is -2.38. The summed E-state index contributed by atoms with van der Waals surface area (Å²) in [5.41, 5.74) is 5.54. The van der Waals surface area contributed by atoms with Gasteiger partial charge in [-0.2, -0.15) is 0 Å². The molecule has 0 unspecified atom stereocenters. The van der Waals surface area contributed by atoms with Crippen LogP contribution in [-0.2, 0) is 4.79 Å². The Morgan fingerprint density at radius 3 is 2.60 bits per heavy atom. The standard InChI is InChI=1S/C12H24N2O/c1-2-3-4-12(15)14-9-6-11(5-8-13)7-10-14/h11H,2-10,13H2,1H3. The van der Waals surface area contributed by atoms with Gasteiger partial charge in [-0.25, -0.2) is 0 Å². The maximum Gasteiger partial charge on any atom is 0.222 e. The number of nitrogens with zero attached hydrogens (tertiary/aromatic N) is 1. The molecule has 1 heterocycles. The van der Waals surface area contributed by atoms with E-state index in [1.807, 2.05) is 4.90 Å². The fourth-order valence-corrected chi connectivity index (χ4v) is 2.19. The Morgan fingerprint density at radius 2 is 2.07 bits per heavy atom. The Bertz CT molecular complexity index is 186. The first-order chi connectivity index (χ1) is 7.27. The molecule has 1 rings (SSSR count). The van der Waals surface area contributed by atoms with Gasteiger partial charge in [-0.15, -0.1) is 0 Å². The minimum absolute atomic E-state index is 0.350. The molecule has 0 atom stereocenters. The van der Waals surface area contributed by atoms with Crippen LogP contribution in [0.5, 0.6) is 0 Å². The molecule has 88 valence electrons. The number of amides is 1. The minimum atomic E-state index is 0.350. The van der Waals surface area contributed by atoms with Crippen LogP contribution in [0.2, 0.25) is 0 Å². The average molecular weight is 212 g/mol. The fourth-order valence-electron chi connectivity index (χ4n) is 2.19. The third kappa shape index (κ3) is 4.20. The smallest absolute Gasteiger partial charge is 0.222 e. The van der Waals surface area contributed by atoms with Crippen molar-refractivity contribution < 1.29 is 4.79 Å². The molecule has 1 aliphatic heterocycles. The van der Waals surface area contributed by atoms with E-state index in [-0.39, 0.29) is 0 Å². The predicted molar refractivity (Wildman–Crippen MR) is 62.5 cm³/mol. The van der Waals surface area contributed by atoms with E-state index in [1.54, 1.807) is 0 Å². The molecule has 0 aromatic carbocycles. The number of carbonyl (C=O) groups is 1. The lowest BCUT2D eigenvalue weighted by atomic mass is 9.93. The molecule has 1 aliphatic rings. The predicted octanol–water partition coefficient (Wildman–Crippen LogP) is 1.76. The van der Waals surface area contributed by atoms with Crippen LogP contribution in [0.3, 0.4) is 0 Å². The first-order valence-corrected chi connectivity index (χ1v) is 6.25. The highest BCUT2D eigenvalue weighted by Crippen LogP contribution is 2.20. The van der Waals surface area contributed by atoms with Gasteiger partial charge in [0.25, 0.3) is 0 Å². The van der Waals surface area contributed by atoms with Crippen LogP contribution in [0.1, 0.15) is 45.4 Å². The highest BCUT2D eigenvalue weighted by molar-refractivity contribution is 5.76. The molecule has 3 nitrogen and oxygen atoms in total. The molecule has 0 spiro atoms. The van der Waals surface area contributed by atoms with Crippen molar-refractivity contribution >= 4 is 5.91 Å². The van der Waals surface area contributed by atoms with Crippen molar-refractivity contribution in [3.8, 4) is 0 Å². The Kier molecular flexibility index (Phi) is 5.69. The van der Waals surface area contributed by atoms with Gasteiger partial charge in [0.2, 0.25) is 5.91 Å². The molecular formula is C12H24N2O. The Morgan fingerprint density at radius 1 is 1.40 bits per heavy atom. The molecule has 0 aliphatic carbocycles. The number of rotatable bonds is 5. The van der Waals surface area contributed by atoms with Crippen molar-refractivity contribution in [1.82, 2.24) is 4.90 Å². The second-order valence-corrected chi connectivity index (χ2v) is 4.51. The minimum Gasteiger partial charge on any atom is -0.343 e. The van der Waals surface area contributed by atoms with Gasteiger partial charge >= 0.3 is 0 Å². The van der Waals surface area contributed by atoms with Crippen molar-refractivity contribution in [1.29, 1.82) is 0 Å². The highest BCUT2D eigenvalue weighted by Gasteiger charge is 2.21. The van der Waals surface area contributed by atoms with Gasteiger partial charge in [-0.1, -0.05) is 13.3 Å². The summed E-state index contributed by atoms with van der Waals surface area (Å²) in [5, 5.41) is 0. The van der Waals surface area contributed by atoms with Gasteiger partial charge in [0.15, 0.2) is 0 Å². The Hall–Kier alpha value is -0.570. The zero-order chi connectivity index (χ0) is 11.1. The molecule has 15 heavy (non-hydrogen) atoms. The molecule has 0 saturated carbocycles. The number of unbranched alkanes of at least 4 members (excludes halogenated alkanes) is 1. The zero-order valence-electron chi connectivity index (χ0n) is 9.87. The third-order valence-corrected chi connectivity index (χ3v) is 3.29. The van der Waals surface area contributed by atoms with Crippen LogP contribution in [0.15, 0.2) is 0 Å². The molecule has 0 aromatic rings. The third-order valence-electron chi connectivity index (χ3n) is 3.29. The van der Waals surface area contributed by atoms with E-state index in [0.717, 1.165) is 64.1 Å². The normalized spacial score (nSPS) is 18.1. The molecule has 1 fully saturated rings. The van der Waals surface area contributed by atoms with Gasteiger partial charge in [-0.05, 0) is 38.1 Å². The van der Waals surface area contributed by atoms with Crippen LogP contribution in [-0.4, -0.2) is 30.4 Å². The summed E-state index contributed by atoms with van der Waals surface area (Å²) >= 11 is 0. The van der Waals surface area contributed by atoms with Crippen LogP contribution < -0.4 is 5.73 Å². The van der Waals surface area contributed by atoms with Crippen molar-refractivity contribution in [2.45, 2.75) is 45.4 Å². The zero-order valence-corrected chi connectivity index (χ0v) is 9.87. The SMILES string of the molecule is CCCCC(=O)N1CCC(CCN)CC1. The lowest BCUT2D eigenvalue weighted by Gasteiger charge is -2.32. The Labute approximate surface area is 93.0 Å². The van der Waals surface area contributed by atoms with E-state index in [1.165, 1.54) is 0 Å². The number of hydrogen-bond acceptors (Lipinski definition) is 2. The van der Waals surface area contributed by atoms with Gasteiger partial charge in [0, 0.05) is 19.5 Å². The number of piperidine rings is 1. The summed E-state index contributed by atoms with van der Waals surface area (Å²) in [7, 11) is 0. The van der Waals surface area contributed by atoms with Gasteiger partial charge in [-0.3, -0.25) is 4.79 Å². The fraction of sp³-hybridized carbons (Fsp3) is 0.917. The van der Waals surface area contributed by atoms with Crippen molar-refractivity contribution in [3.05, 3.63) is 0 Å². The van der Waals surface area contributed by atoms with Crippen LogP contribution in [0.25, 0.3) is 0 Å². The van der Waals surface area contributed by atoms with Crippen molar-refractivity contribution in [2.75, 3.05) is 19.6 Å². The molecule has 0 radical (unpaired) electrons. The molecule has 1 saturated heterocycles. The summed E-state index contributed by atoms with van der Waals surface area (Å²) < 4.78 is 0. The summed E-state index contributed by atoms with van der Waals surface area (Å²) in [6.45, 7) is 4.82. The summed E-state index contributed by atoms with van der Waals surface area (Å²) in [6, 6.07) is 0. The number of likely N-dealkylation sites (tertiary alicyclic amines) is 1. The second kappa shape index (κ2) is 6.83. The number of nitrogens with two attached hydrogens (primary N) is 1. The molecule has 2 N–H and O–H groups in total. The van der Waals surface area contributed by atoms with E-state index >= 15 is 0 Å². The largest absolute Gasteiger partial charge is 0.343 e. The maximum absolute atomic E-state index is 11.7. The summed E-state index contributed by atoms with van der Waals surface area (Å²) in [5.74, 6) is 1.10. The second-order valence-electron chi connectivity index (χ2n) is 4.51. The van der Waals surface area contributed by atoms with Crippen LogP contribution >= 0.6 is 0 Å². The Balaban J connectivity index is 2.21. The molecule has 0 aromatic heterocycles. The molecule has 3 heteroatoms. The van der Waals surface area contributed by atoms with E-state index in [0.29, 0.717) is 5.91 Å². The van der Waals surface area contributed by atoms with E-state index < -0.39 is 0 Å². The summed E-state index contributed by atoms with van der Waals surface area (Å²) in [4.78, 5) is 13.8. The van der Waals surface area contributed by atoms with Crippen molar-refractivity contribution in [3.63, 3.8) is 0 Å². The number of hydrogen-bond donors (Lipinski definition) is 1.